The molecule has 0 saturated heterocycles. The second-order valence-corrected chi connectivity index (χ2v) is 8.61. The van der Waals surface area contributed by atoms with Crippen molar-refractivity contribution in [2.75, 3.05) is 5.32 Å². The minimum absolute atomic E-state index is 0.0227. The standard InChI is InChI=1S/C21H21ClN2O/c1-6-20(4)15(22)11-13-16(17(20)23-5)21(19(13,2)3)12-9-7-8-10-14(12)24-18(21)25/h6-10,13,15H,1,11H2,2-4H3,(H,24,25)/t13-,15+,20+,21?/m0/s1. The first-order valence-electron chi connectivity index (χ1n) is 8.58. The number of benzene rings is 1. The lowest BCUT2D eigenvalue weighted by Crippen LogP contribution is -2.67. The number of para-hydroxylation sites is 1. The van der Waals surface area contributed by atoms with Crippen LogP contribution in [0.15, 0.2) is 48.2 Å². The fraction of sp³-hybridized carbons (Fsp3) is 0.429. The van der Waals surface area contributed by atoms with Gasteiger partial charge >= 0.3 is 0 Å². The van der Waals surface area contributed by atoms with Gasteiger partial charge in [0.05, 0.1) is 12.0 Å². The van der Waals surface area contributed by atoms with E-state index >= 15 is 0 Å². The Labute approximate surface area is 153 Å². The van der Waals surface area contributed by atoms with Crippen LogP contribution in [-0.2, 0) is 10.2 Å². The zero-order valence-corrected chi connectivity index (χ0v) is 15.4. The van der Waals surface area contributed by atoms with Gasteiger partial charge in [0.15, 0.2) is 5.70 Å². The molecule has 1 fully saturated rings. The molecule has 4 atom stereocenters. The SMILES string of the molecule is [C-]#[N+]C1=C2[C@H](C[C@@H](Cl)[C@@]1(C)C=C)C(C)(C)C21C(=O)Nc2ccccc21. The number of alkyl halides is 1. The molecule has 1 heterocycles. The molecule has 0 aromatic heterocycles. The van der Waals surface area contributed by atoms with Crippen molar-refractivity contribution in [2.45, 2.75) is 38.0 Å². The van der Waals surface area contributed by atoms with E-state index in [2.05, 4.69) is 30.6 Å². The second-order valence-electron chi connectivity index (χ2n) is 8.09. The molecule has 1 unspecified atom stereocenters. The van der Waals surface area contributed by atoms with Gasteiger partial charge in [-0.15, -0.1) is 18.2 Å². The van der Waals surface area contributed by atoms with Gasteiger partial charge in [-0.2, -0.15) is 0 Å². The molecule has 1 aromatic rings. The van der Waals surface area contributed by atoms with Crippen LogP contribution in [-0.4, -0.2) is 11.3 Å². The van der Waals surface area contributed by atoms with Gasteiger partial charge in [-0.1, -0.05) is 45.0 Å². The largest absolute Gasteiger partial charge is 0.325 e. The molecule has 4 heteroatoms. The van der Waals surface area contributed by atoms with Crippen LogP contribution in [0.4, 0.5) is 5.69 Å². The summed E-state index contributed by atoms with van der Waals surface area (Å²) in [5, 5.41) is 2.85. The van der Waals surface area contributed by atoms with Gasteiger partial charge in [0, 0.05) is 16.5 Å². The third-order valence-electron chi connectivity index (χ3n) is 6.90. The lowest BCUT2D eigenvalue weighted by molar-refractivity contribution is -0.131. The summed E-state index contributed by atoms with van der Waals surface area (Å²) in [5.74, 6) is 0.106. The van der Waals surface area contributed by atoms with Crippen molar-refractivity contribution in [1.82, 2.24) is 0 Å². The molecule has 0 radical (unpaired) electrons. The Hall–Kier alpha value is -2.05. The number of amides is 1. The number of fused-ring (bicyclic) bond motifs is 4. The number of hydrogen-bond donors (Lipinski definition) is 1. The molecule has 1 aromatic carbocycles. The maximum atomic E-state index is 13.2. The Kier molecular flexibility index (Phi) is 3.13. The van der Waals surface area contributed by atoms with E-state index in [0.29, 0.717) is 5.70 Å². The molecule has 0 bridgehead atoms. The van der Waals surface area contributed by atoms with Crippen molar-refractivity contribution in [3.8, 4) is 0 Å². The highest BCUT2D eigenvalue weighted by molar-refractivity contribution is 6.22. The summed E-state index contributed by atoms with van der Waals surface area (Å²) in [7, 11) is 0. The highest BCUT2D eigenvalue weighted by Gasteiger charge is 2.73. The first-order chi connectivity index (χ1) is 11.8. The monoisotopic (exact) mass is 352 g/mol. The van der Waals surface area contributed by atoms with Crippen LogP contribution in [0.5, 0.6) is 0 Å². The summed E-state index contributed by atoms with van der Waals surface area (Å²) < 4.78 is 0. The van der Waals surface area contributed by atoms with Crippen LogP contribution < -0.4 is 5.32 Å². The van der Waals surface area contributed by atoms with Crippen molar-refractivity contribution in [2.24, 2.45) is 16.7 Å². The van der Waals surface area contributed by atoms with E-state index in [1.54, 1.807) is 6.08 Å². The third-order valence-corrected chi connectivity index (χ3v) is 7.54. The molecule has 1 spiro atoms. The van der Waals surface area contributed by atoms with E-state index in [9.17, 15) is 4.79 Å². The number of halogens is 1. The van der Waals surface area contributed by atoms with E-state index in [1.165, 1.54) is 0 Å². The lowest BCUT2D eigenvalue weighted by atomic mass is 9.37. The second kappa shape index (κ2) is 4.77. The van der Waals surface area contributed by atoms with Crippen LogP contribution >= 0.6 is 11.6 Å². The van der Waals surface area contributed by atoms with Crippen molar-refractivity contribution in [3.63, 3.8) is 0 Å². The van der Waals surface area contributed by atoms with Crippen molar-refractivity contribution >= 4 is 23.2 Å². The van der Waals surface area contributed by atoms with E-state index < -0.39 is 10.8 Å². The predicted molar refractivity (Wildman–Crippen MR) is 100 cm³/mol. The summed E-state index contributed by atoms with van der Waals surface area (Å²) in [4.78, 5) is 17.1. The lowest BCUT2D eigenvalue weighted by Gasteiger charge is -2.65. The number of carbonyl (C=O) groups is 1. The van der Waals surface area contributed by atoms with Gasteiger partial charge in [-0.3, -0.25) is 4.79 Å². The average molecular weight is 353 g/mol. The minimum Gasteiger partial charge on any atom is -0.325 e. The summed E-state index contributed by atoms with van der Waals surface area (Å²) in [5.41, 5.74) is 1.69. The van der Waals surface area contributed by atoms with Crippen LogP contribution in [0.25, 0.3) is 4.85 Å². The topological polar surface area (TPSA) is 33.5 Å². The number of nitrogens with zero attached hydrogens (tertiary/aromatic N) is 1. The van der Waals surface area contributed by atoms with E-state index in [0.717, 1.165) is 23.2 Å². The molecular formula is C21H21ClN2O. The van der Waals surface area contributed by atoms with Gasteiger partial charge in [-0.05, 0) is 35.0 Å². The summed E-state index contributed by atoms with van der Waals surface area (Å²) in [6, 6.07) is 7.83. The molecule has 3 nitrogen and oxygen atoms in total. The van der Waals surface area contributed by atoms with Gasteiger partial charge in [0.1, 0.15) is 0 Å². The number of carbonyl (C=O) groups excluding carboxylic acids is 1. The fourth-order valence-electron chi connectivity index (χ4n) is 5.37. The number of hydrogen-bond acceptors (Lipinski definition) is 1. The van der Waals surface area contributed by atoms with E-state index in [-0.39, 0.29) is 22.6 Å². The van der Waals surface area contributed by atoms with Crippen LogP contribution in [0.2, 0.25) is 0 Å². The summed E-state index contributed by atoms with van der Waals surface area (Å²) in [6.45, 7) is 18.0. The Morgan fingerprint density at radius 1 is 1.36 bits per heavy atom. The van der Waals surface area contributed by atoms with Gasteiger partial charge in [0.25, 0.3) is 0 Å². The van der Waals surface area contributed by atoms with Crippen LogP contribution in [0.3, 0.4) is 0 Å². The number of allylic oxidation sites excluding steroid dienone is 1. The Morgan fingerprint density at radius 3 is 2.68 bits per heavy atom. The maximum Gasteiger partial charge on any atom is 0.238 e. The van der Waals surface area contributed by atoms with Crippen LogP contribution in [0, 0.1) is 23.3 Å². The summed E-state index contributed by atoms with van der Waals surface area (Å²) >= 11 is 6.70. The molecule has 25 heavy (non-hydrogen) atoms. The molecule has 1 N–H and O–H groups in total. The van der Waals surface area contributed by atoms with Crippen molar-refractivity contribution < 1.29 is 4.79 Å². The number of nitrogens with one attached hydrogen (secondary N) is 1. The van der Waals surface area contributed by atoms with Crippen molar-refractivity contribution in [3.05, 3.63) is 65.2 Å². The molecule has 2 aliphatic carbocycles. The Bertz CT molecular complexity index is 893. The van der Waals surface area contributed by atoms with E-state index in [1.807, 2.05) is 31.2 Å². The fourth-order valence-corrected chi connectivity index (χ4v) is 5.74. The molecule has 1 saturated carbocycles. The van der Waals surface area contributed by atoms with E-state index in [4.69, 9.17) is 18.2 Å². The normalized spacial score (nSPS) is 37.6. The molecule has 1 aliphatic heterocycles. The highest BCUT2D eigenvalue weighted by atomic mass is 35.5. The van der Waals surface area contributed by atoms with Crippen LogP contribution in [0.1, 0.15) is 32.8 Å². The number of anilines is 1. The first kappa shape index (κ1) is 16.4. The van der Waals surface area contributed by atoms with Gasteiger partial charge in [-0.25, -0.2) is 4.85 Å². The smallest absolute Gasteiger partial charge is 0.238 e. The Balaban J connectivity index is 2.09. The quantitative estimate of drug-likeness (QED) is 0.435. The molecule has 128 valence electrons. The minimum atomic E-state index is -0.782. The van der Waals surface area contributed by atoms with Crippen molar-refractivity contribution in [1.29, 1.82) is 0 Å². The molecule has 1 amide bonds. The molecule has 3 aliphatic rings. The maximum absolute atomic E-state index is 13.2. The third kappa shape index (κ3) is 1.56. The highest BCUT2D eigenvalue weighted by Crippen LogP contribution is 2.73. The molecule has 4 rings (SSSR count). The molecular weight excluding hydrogens is 332 g/mol. The van der Waals surface area contributed by atoms with Gasteiger partial charge in [0.2, 0.25) is 5.91 Å². The average Bonchev–Trinajstić information content (AvgIpc) is 2.91. The first-order valence-corrected chi connectivity index (χ1v) is 9.01. The summed E-state index contributed by atoms with van der Waals surface area (Å²) in [6.07, 6.45) is 2.53. The predicted octanol–water partition coefficient (Wildman–Crippen LogP) is 4.91. The zero-order chi connectivity index (χ0) is 18.2. The van der Waals surface area contributed by atoms with Gasteiger partial charge < -0.3 is 5.32 Å². The Morgan fingerprint density at radius 2 is 2.04 bits per heavy atom. The number of rotatable bonds is 1. The zero-order valence-electron chi connectivity index (χ0n) is 14.7.